The van der Waals surface area contributed by atoms with Gasteiger partial charge in [0, 0.05) is 11.4 Å². The maximum Gasteiger partial charge on any atom is 0.124 e. The third-order valence-corrected chi connectivity index (χ3v) is 5.85. The molecule has 2 heterocycles. The third kappa shape index (κ3) is 5.04. The van der Waals surface area contributed by atoms with Crippen LogP contribution in [0.5, 0.6) is 5.75 Å². The summed E-state index contributed by atoms with van der Waals surface area (Å²) in [6.45, 7) is 0.266. The van der Waals surface area contributed by atoms with E-state index in [4.69, 9.17) is 31.3 Å². The van der Waals surface area contributed by atoms with E-state index < -0.39 is 37.1 Å². The van der Waals surface area contributed by atoms with Crippen LogP contribution in [0.25, 0.3) is 0 Å². The van der Waals surface area contributed by atoms with Crippen LogP contribution in [0, 0.1) is 0 Å². The summed E-state index contributed by atoms with van der Waals surface area (Å²) >= 11 is 6.37. The van der Waals surface area contributed by atoms with Gasteiger partial charge in [-0.1, -0.05) is 35.8 Å². The normalized spacial score (nSPS) is 32.8. The highest BCUT2D eigenvalue weighted by Crippen LogP contribution is 2.34. The largest absolute Gasteiger partial charge is 0.488 e. The topological polar surface area (TPSA) is 109 Å². The van der Waals surface area contributed by atoms with Crippen LogP contribution < -0.4 is 4.74 Å². The molecule has 2 aliphatic heterocycles. The number of aliphatic hydroxyl groups excluding tert-OH is 4. The Hall–Kier alpha value is -1.71. The minimum atomic E-state index is -1.54. The highest BCUT2D eigenvalue weighted by molar-refractivity contribution is 6.31. The molecule has 4 rings (SSSR count). The first-order valence-electron chi connectivity index (χ1n) is 12.1. The Kier molecular flexibility index (Phi) is 5.65. The second-order valence-corrected chi connectivity index (χ2v) is 8.10. The Balaban J connectivity index is 1.65. The molecule has 4 N–H and O–H groups in total. The monoisotopic (exact) mass is 454 g/mol. The third-order valence-electron chi connectivity index (χ3n) is 5.48. The number of ether oxygens (including phenoxy) is 3. The zero-order valence-electron chi connectivity index (χ0n) is 20.6. The molecule has 0 aromatic heterocycles. The molecule has 2 fully saturated rings. The average Bonchev–Trinajstić information content (AvgIpc) is 3.36. The molecule has 168 valence electrons. The van der Waals surface area contributed by atoms with Crippen molar-refractivity contribution >= 4 is 11.6 Å². The van der Waals surface area contributed by atoms with Crippen molar-refractivity contribution in [2.75, 3.05) is 19.8 Å². The van der Waals surface area contributed by atoms with E-state index in [1.165, 1.54) is 6.07 Å². The molecule has 31 heavy (non-hydrogen) atoms. The van der Waals surface area contributed by atoms with Gasteiger partial charge in [0.25, 0.3) is 0 Å². The van der Waals surface area contributed by atoms with Gasteiger partial charge in [-0.25, -0.2) is 0 Å². The van der Waals surface area contributed by atoms with Gasteiger partial charge in [0.2, 0.25) is 0 Å². The first-order valence-corrected chi connectivity index (χ1v) is 10.4. The van der Waals surface area contributed by atoms with Crippen LogP contribution in [0.15, 0.2) is 42.4 Å². The van der Waals surface area contributed by atoms with Crippen LogP contribution in [-0.2, 0) is 15.9 Å². The quantitative estimate of drug-likeness (QED) is 0.525. The van der Waals surface area contributed by atoms with Crippen molar-refractivity contribution in [3.8, 4) is 5.75 Å². The number of aliphatic hydroxyl groups is 4. The van der Waals surface area contributed by atoms with Crippen molar-refractivity contribution < 1.29 is 40.1 Å². The van der Waals surface area contributed by atoms with Gasteiger partial charge in [0.15, 0.2) is 0 Å². The van der Waals surface area contributed by atoms with E-state index in [1.807, 2.05) is 0 Å². The molecular weight excluding hydrogens is 424 g/mol. The molecule has 0 spiro atoms. The summed E-state index contributed by atoms with van der Waals surface area (Å²) < 4.78 is 50.2. The molecule has 0 unspecified atom stereocenters. The van der Waals surface area contributed by atoms with Crippen molar-refractivity contribution in [1.82, 2.24) is 0 Å². The molecule has 0 aliphatic carbocycles. The van der Waals surface area contributed by atoms with Gasteiger partial charge in [-0.2, -0.15) is 0 Å². The lowest BCUT2D eigenvalue weighted by molar-refractivity contribution is -0.231. The van der Waals surface area contributed by atoms with Crippen LogP contribution in [0.2, 0.25) is 5.02 Å². The molecule has 7 nitrogen and oxygen atoms in total. The van der Waals surface area contributed by atoms with Gasteiger partial charge < -0.3 is 34.6 Å². The average molecular weight is 455 g/mol. The van der Waals surface area contributed by atoms with Crippen LogP contribution in [0.4, 0.5) is 0 Å². The van der Waals surface area contributed by atoms with E-state index >= 15 is 0 Å². The Bertz CT molecular complexity index is 1050. The van der Waals surface area contributed by atoms with Crippen LogP contribution in [0.1, 0.15) is 34.7 Å². The summed E-state index contributed by atoms with van der Waals surface area (Å²) in [4.78, 5) is 0. The molecule has 0 bridgehead atoms. The molecule has 2 aliphatic rings. The van der Waals surface area contributed by atoms with Crippen LogP contribution in [-0.4, -0.2) is 70.8 Å². The van der Waals surface area contributed by atoms with Gasteiger partial charge >= 0.3 is 0 Å². The summed E-state index contributed by atoms with van der Waals surface area (Å²) in [5, 5.41) is 40.4. The van der Waals surface area contributed by atoms with E-state index in [-0.39, 0.29) is 48.0 Å². The second kappa shape index (κ2) is 9.83. The number of hydrogen-bond acceptors (Lipinski definition) is 7. The van der Waals surface area contributed by atoms with Crippen LogP contribution >= 0.6 is 11.6 Å². The van der Waals surface area contributed by atoms with E-state index in [1.54, 1.807) is 12.1 Å². The molecule has 0 radical (unpaired) electrons. The minimum Gasteiger partial charge on any atom is -0.488 e. The zero-order valence-corrected chi connectivity index (χ0v) is 17.4. The summed E-state index contributed by atoms with van der Waals surface area (Å²) in [7, 11) is 0. The summed E-state index contributed by atoms with van der Waals surface area (Å²) in [5.74, 6) is -0.125. The lowest BCUT2D eigenvalue weighted by Gasteiger charge is -2.40. The first-order chi connectivity index (χ1) is 16.6. The van der Waals surface area contributed by atoms with E-state index in [2.05, 4.69) is 0 Å². The van der Waals surface area contributed by atoms with Gasteiger partial charge in [0.05, 0.1) is 25.3 Å². The fraction of sp³-hybridized carbons (Fsp3) is 0.478. The number of benzene rings is 2. The maximum atomic E-state index is 10.5. The van der Waals surface area contributed by atoms with Crippen molar-refractivity contribution in [2.24, 2.45) is 0 Å². The van der Waals surface area contributed by atoms with Crippen molar-refractivity contribution in [3.05, 3.63) is 64.1 Å². The van der Waals surface area contributed by atoms with Gasteiger partial charge in [0.1, 0.15) is 42.4 Å². The Morgan fingerprint density at radius 1 is 1.10 bits per heavy atom. The Morgan fingerprint density at radius 2 is 1.87 bits per heavy atom. The SMILES string of the molecule is [2H]c1c([2H])c(O[C@H]2CCOC2)c([2H])c([2H])c1Cc1cc([C@@H]2O[C@H](CO)[C@@H](O)[C@H](O)[C@H]2O)ccc1Cl. The molecule has 0 amide bonds. The van der Waals surface area contributed by atoms with Crippen molar-refractivity contribution in [1.29, 1.82) is 0 Å². The predicted octanol–water partition coefficient (Wildman–Crippen LogP) is 1.61. The van der Waals surface area contributed by atoms with Crippen molar-refractivity contribution in [2.45, 2.75) is 49.5 Å². The van der Waals surface area contributed by atoms with Crippen molar-refractivity contribution in [3.63, 3.8) is 0 Å². The number of halogens is 1. The standard InChI is InChI=1S/C23H27ClO7/c24-18-6-3-14(23-22(28)21(27)20(26)19(11-25)31-23)10-15(18)9-13-1-4-16(5-2-13)30-17-7-8-29-12-17/h1-6,10,17,19-23,25-28H,7-9,11-12H2/t17-,19+,20+,21-,22+,23-/m0/s1/i1D,2D,4D,5D. The maximum absolute atomic E-state index is 10.5. The van der Waals surface area contributed by atoms with E-state index in [0.29, 0.717) is 35.8 Å². The van der Waals surface area contributed by atoms with Gasteiger partial charge in [-0.3, -0.25) is 0 Å². The van der Waals surface area contributed by atoms with Crippen LogP contribution in [0.3, 0.4) is 0 Å². The fourth-order valence-corrected chi connectivity index (χ4v) is 3.91. The Labute approximate surface area is 191 Å². The van der Waals surface area contributed by atoms with Gasteiger partial charge in [-0.05, 0) is 41.3 Å². The lowest BCUT2D eigenvalue weighted by Crippen LogP contribution is -2.55. The molecule has 0 saturated carbocycles. The fourth-order valence-electron chi connectivity index (χ4n) is 3.72. The summed E-state index contributed by atoms with van der Waals surface area (Å²) in [6, 6.07) is 3.56. The Morgan fingerprint density at radius 3 is 2.55 bits per heavy atom. The smallest absolute Gasteiger partial charge is 0.124 e. The summed E-state index contributed by atoms with van der Waals surface area (Å²) in [5.41, 5.74) is 0.959. The highest BCUT2D eigenvalue weighted by atomic mass is 35.5. The molecule has 2 saturated heterocycles. The van der Waals surface area contributed by atoms with Gasteiger partial charge in [-0.15, -0.1) is 0 Å². The van der Waals surface area contributed by atoms with E-state index in [0.717, 1.165) is 0 Å². The zero-order chi connectivity index (χ0) is 25.4. The number of hydrogen-bond donors (Lipinski definition) is 4. The molecular formula is C23H27ClO7. The number of rotatable bonds is 6. The first kappa shape index (κ1) is 17.8. The minimum absolute atomic E-state index is 0.0493. The lowest BCUT2D eigenvalue weighted by atomic mass is 9.90. The molecule has 2 aromatic rings. The summed E-state index contributed by atoms with van der Waals surface area (Å²) in [6.07, 6.45) is -6.44. The molecule has 6 atom stereocenters. The molecule has 2 aromatic carbocycles. The second-order valence-electron chi connectivity index (χ2n) is 7.69. The molecule has 8 heteroatoms. The van der Waals surface area contributed by atoms with E-state index in [9.17, 15) is 20.4 Å². The predicted molar refractivity (Wildman–Crippen MR) is 113 cm³/mol. The highest BCUT2D eigenvalue weighted by Gasteiger charge is 2.44.